The van der Waals surface area contributed by atoms with Gasteiger partial charge in [-0.15, -0.1) is 0 Å². The molecule has 2 aliphatic carbocycles. The van der Waals surface area contributed by atoms with Gasteiger partial charge in [-0.25, -0.2) is 9.59 Å². The minimum Gasteiger partial charge on any atom is -0.458 e. The smallest absolute Gasteiger partial charge is 0.351 e. The zero-order valence-corrected chi connectivity index (χ0v) is 15.1. The molecule has 4 heteroatoms. The average molecular weight is 330 g/mol. The molecule has 1 fully saturated rings. The number of esters is 2. The van der Waals surface area contributed by atoms with E-state index in [1.807, 2.05) is 0 Å². The molecule has 0 aromatic carbocycles. The Labute approximate surface area is 143 Å². The maximum atomic E-state index is 12.6. The zero-order chi connectivity index (χ0) is 17.6. The Bertz CT molecular complexity index is 682. The maximum Gasteiger partial charge on any atom is 0.351 e. The lowest BCUT2D eigenvalue weighted by Crippen LogP contribution is -2.44. The number of fused-ring (bicyclic) bond motifs is 3. The standard InChI is InChI=1S/C20H26O4/c1-6-11(2)18(21)24-20(5)15-10-8-12(3)14-9-7-13(4)16(14)17(15)23-19(20)22/h6-7,15-17H,8-10H2,1-5H3/b11-6-/t15-,16+,17-,20-/m1/s1. The van der Waals surface area contributed by atoms with Crippen LogP contribution >= 0.6 is 0 Å². The van der Waals surface area contributed by atoms with E-state index < -0.39 is 17.5 Å². The number of hydrogen-bond donors (Lipinski definition) is 0. The third-order valence-corrected chi connectivity index (χ3v) is 6.03. The topological polar surface area (TPSA) is 52.6 Å². The fraction of sp³-hybridized carbons (Fsp3) is 0.600. The fourth-order valence-corrected chi connectivity index (χ4v) is 4.27. The van der Waals surface area contributed by atoms with E-state index in [1.165, 1.54) is 16.7 Å². The van der Waals surface area contributed by atoms with Crippen molar-refractivity contribution in [1.82, 2.24) is 0 Å². The molecule has 1 saturated heterocycles. The van der Waals surface area contributed by atoms with E-state index in [9.17, 15) is 9.59 Å². The third-order valence-electron chi connectivity index (χ3n) is 6.03. The van der Waals surface area contributed by atoms with E-state index in [0.717, 1.165) is 19.3 Å². The first-order chi connectivity index (χ1) is 11.3. The largest absolute Gasteiger partial charge is 0.458 e. The van der Waals surface area contributed by atoms with Crippen molar-refractivity contribution in [3.05, 3.63) is 34.4 Å². The molecule has 1 heterocycles. The second-order valence-corrected chi connectivity index (χ2v) is 7.42. The number of allylic oxidation sites excluding steroid dienone is 3. The number of carbonyl (C=O) groups is 2. The molecule has 0 bridgehead atoms. The molecule has 0 unspecified atom stereocenters. The summed E-state index contributed by atoms with van der Waals surface area (Å²) < 4.78 is 11.5. The van der Waals surface area contributed by atoms with Crippen molar-refractivity contribution in [1.29, 1.82) is 0 Å². The summed E-state index contributed by atoms with van der Waals surface area (Å²) in [6.07, 6.45) is 6.36. The van der Waals surface area contributed by atoms with Crippen LogP contribution in [0.3, 0.4) is 0 Å². The predicted octanol–water partition coefficient (Wildman–Crippen LogP) is 3.87. The average Bonchev–Trinajstić information content (AvgIpc) is 2.98. The molecular weight excluding hydrogens is 304 g/mol. The van der Waals surface area contributed by atoms with Crippen LogP contribution in [-0.2, 0) is 19.1 Å². The Morgan fingerprint density at radius 2 is 2.12 bits per heavy atom. The number of carbonyl (C=O) groups excluding carboxylic acids is 2. The Morgan fingerprint density at radius 3 is 2.79 bits per heavy atom. The van der Waals surface area contributed by atoms with Crippen LogP contribution in [0.2, 0.25) is 0 Å². The molecule has 0 spiro atoms. The monoisotopic (exact) mass is 330 g/mol. The van der Waals surface area contributed by atoms with Gasteiger partial charge in [-0.1, -0.05) is 28.9 Å². The Hall–Kier alpha value is -1.84. The van der Waals surface area contributed by atoms with E-state index in [4.69, 9.17) is 9.47 Å². The molecule has 24 heavy (non-hydrogen) atoms. The molecular formula is C20H26O4. The van der Waals surface area contributed by atoms with Crippen molar-refractivity contribution >= 4 is 11.9 Å². The SMILES string of the molecule is C/C=C(/C)C(=O)O[C@@]1(C)C(=O)O[C@H]2[C@H]3C(C)=CCC3=C(C)CC[C@H]21. The van der Waals surface area contributed by atoms with Crippen LogP contribution in [0.25, 0.3) is 0 Å². The molecule has 3 aliphatic rings. The van der Waals surface area contributed by atoms with Gasteiger partial charge in [0.05, 0.1) is 0 Å². The minimum atomic E-state index is -1.20. The van der Waals surface area contributed by atoms with Crippen LogP contribution < -0.4 is 0 Å². The number of rotatable bonds is 2. The summed E-state index contributed by atoms with van der Waals surface area (Å²) in [7, 11) is 0. The predicted molar refractivity (Wildman–Crippen MR) is 91.1 cm³/mol. The van der Waals surface area contributed by atoms with Crippen LogP contribution in [0.15, 0.2) is 34.4 Å². The van der Waals surface area contributed by atoms with E-state index in [-0.39, 0.29) is 17.9 Å². The van der Waals surface area contributed by atoms with Gasteiger partial charge in [0.25, 0.3) is 0 Å². The Balaban J connectivity index is 1.95. The van der Waals surface area contributed by atoms with Gasteiger partial charge in [-0.2, -0.15) is 0 Å². The van der Waals surface area contributed by atoms with Gasteiger partial charge in [0.2, 0.25) is 5.60 Å². The van der Waals surface area contributed by atoms with Crippen molar-refractivity contribution in [2.45, 2.75) is 65.6 Å². The first kappa shape index (κ1) is 17.0. The summed E-state index contributed by atoms with van der Waals surface area (Å²) in [5.74, 6) is -0.818. The van der Waals surface area contributed by atoms with E-state index in [1.54, 1.807) is 26.8 Å². The van der Waals surface area contributed by atoms with Crippen LogP contribution in [0.5, 0.6) is 0 Å². The highest BCUT2D eigenvalue weighted by atomic mass is 16.6. The van der Waals surface area contributed by atoms with Crippen molar-refractivity contribution < 1.29 is 19.1 Å². The lowest BCUT2D eigenvalue weighted by Gasteiger charge is -2.30. The summed E-state index contributed by atoms with van der Waals surface area (Å²) in [6, 6.07) is 0. The highest BCUT2D eigenvalue weighted by Gasteiger charge is 2.60. The van der Waals surface area contributed by atoms with Crippen LogP contribution in [0.4, 0.5) is 0 Å². The Kier molecular flexibility index (Phi) is 4.18. The van der Waals surface area contributed by atoms with Gasteiger partial charge in [0.15, 0.2) is 0 Å². The van der Waals surface area contributed by atoms with E-state index in [0.29, 0.717) is 5.57 Å². The van der Waals surface area contributed by atoms with Gasteiger partial charge in [0, 0.05) is 17.4 Å². The fourth-order valence-electron chi connectivity index (χ4n) is 4.27. The summed E-state index contributed by atoms with van der Waals surface area (Å²) >= 11 is 0. The van der Waals surface area contributed by atoms with Crippen LogP contribution in [-0.4, -0.2) is 23.6 Å². The molecule has 4 nitrogen and oxygen atoms in total. The van der Waals surface area contributed by atoms with E-state index in [2.05, 4.69) is 19.9 Å². The lowest BCUT2D eigenvalue weighted by molar-refractivity contribution is -0.170. The third kappa shape index (κ3) is 2.43. The molecule has 3 rings (SSSR count). The van der Waals surface area contributed by atoms with Crippen molar-refractivity contribution in [3.63, 3.8) is 0 Å². The Morgan fingerprint density at radius 1 is 1.42 bits per heavy atom. The van der Waals surface area contributed by atoms with Gasteiger partial charge in [-0.05, 0) is 53.9 Å². The van der Waals surface area contributed by atoms with Gasteiger partial charge in [-0.3, -0.25) is 0 Å². The molecule has 4 atom stereocenters. The van der Waals surface area contributed by atoms with Crippen molar-refractivity contribution in [2.24, 2.45) is 11.8 Å². The van der Waals surface area contributed by atoms with E-state index >= 15 is 0 Å². The van der Waals surface area contributed by atoms with Crippen molar-refractivity contribution in [2.75, 3.05) is 0 Å². The minimum absolute atomic E-state index is 0.113. The molecule has 130 valence electrons. The highest BCUT2D eigenvalue weighted by molar-refractivity contribution is 5.92. The second kappa shape index (κ2) is 5.91. The highest BCUT2D eigenvalue weighted by Crippen LogP contribution is 2.51. The zero-order valence-electron chi connectivity index (χ0n) is 15.1. The second-order valence-electron chi connectivity index (χ2n) is 7.42. The molecule has 0 radical (unpaired) electrons. The van der Waals surface area contributed by atoms with Gasteiger partial charge in [0.1, 0.15) is 6.10 Å². The molecule has 0 aromatic rings. The quantitative estimate of drug-likeness (QED) is 0.438. The molecule has 0 saturated carbocycles. The van der Waals surface area contributed by atoms with Crippen LogP contribution in [0.1, 0.15) is 53.9 Å². The first-order valence-electron chi connectivity index (χ1n) is 8.72. The first-order valence-corrected chi connectivity index (χ1v) is 8.72. The van der Waals surface area contributed by atoms with Gasteiger partial charge >= 0.3 is 11.9 Å². The maximum absolute atomic E-state index is 12.6. The number of ether oxygens (including phenoxy) is 2. The molecule has 1 aliphatic heterocycles. The summed E-state index contributed by atoms with van der Waals surface area (Å²) in [6.45, 7) is 9.48. The molecule has 0 aromatic heterocycles. The lowest BCUT2D eigenvalue weighted by atomic mass is 9.78. The summed E-state index contributed by atoms with van der Waals surface area (Å²) in [5, 5.41) is 0. The van der Waals surface area contributed by atoms with Gasteiger partial charge < -0.3 is 9.47 Å². The van der Waals surface area contributed by atoms with Crippen molar-refractivity contribution in [3.8, 4) is 0 Å². The number of hydrogen-bond acceptors (Lipinski definition) is 4. The molecule has 0 amide bonds. The molecule has 0 N–H and O–H groups in total. The summed E-state index contributed by atoms with van der Waals surface area (Å²) in [4.78, 5) is 24.9. The normalized spacial score (nSPS) is 35.9. The van der Waals surface area contributed by atoms with Crippen LogP contribution in [0, 0.1) is 11.8 Å². The summed E-state index contributed by atoms with van der Waals surface area (Å²) in [5.41, 5.74) is 3.33.